The van der Waals surface area contributed by atoms with E-state index in [9.17, 15) is 4.79 Å². The Morgan fingerprint density at radius 1 is 1.14 bits per heavy atom. The van der Waals surface area contributed by atoms with Crippen molar-refractivity contribution >= 4 is 37.8 Å². The van der Waals surface area contributed by atoms with Crippen molar-refractivity contribution in [3.63, 3.8) is 0 Å². The molecule has 0 fully saturated rings. The van der Waals surface area contributed by atoms with Crippen LogP contribution in [0.3, 0.4) is 0 Å². The van der Waals surface area contributed by atoms with E-state index in [1.165, 1.54) is 0 Å². The predicted molar refractivity (Wildman–Crippen MR) is 87.0 cm³/mol. The van der Waals surface area contributed by atoms with Crippen LogP contribution in [-0.2, 0) is 17.9 Å². The van der Waals surface area contributed by atoms with E-state index < -0.39 is 0 Å². The van der Waals surface area contributed by atoms with E-state index in [1.54, 1.807) is 10.9 Å². The highest BCUT2D eigenvalue weighted by molar-refractivity contribution is 9.10. The van der Waals surface area contributed by atoms with Crippen molar-refractivity contribution in [1.82, 2.24) is 24.9 Å². The Kier molecular flexibility index (Phi) is 5.58. The lowest BCUT2D eigenvalue weighted by molar-refractivity contribution is -0.121. The number of amides is 1. The fraction of sp³-hybridized carbons (Fsp3) is 0.462. The second-order valence-corrected chi connectivity index (χ2v) is 6.50. The third kappa shape index (κ3) is 4.67. The number of nitrogens with zero attached hydrogens (tertiary/aromatic N) is 4. The van der Waals surface area contributed by atoms with Crippen LogP contribution in [0.2, 0.25) is 0 Å². The molecule has 0 spiro atoms. The molecule has 1 N–H and O–H groups in total. The standard InChI is InChI=1S/C13H17Br2N5O/c1-9-11(14)6-19(17-9)5-3-4-16-13(21)8-20-7-12(15)10(2)18-20/h6-7H,3-5,8H2,1-2H3,(H,16,21). The number of hydrogen-bond acceptors (Lipinski definition) is 3. The zero-order valence-corrected chi connectivity index (χ0v) is 15.1. The summed E-state index contributed by atoms with van der Waals surface area (Å²) >= 11 is 6.80. The molecule has 0 aliphatic rings. The lowest BCUT2D eigenvalue weighted by Crippen LogP contribution is -2.29. The van der Waals surface area contributed by atoms with Crippen molar-refractivity contribution in [3.05, 3.63) is 32.7 Å². The minimum absolute atomic E-state index is 0.0390. The molecule has 114 valence electrons. The molecular formula is C13H17Br2N5O. The molecule has 0 bridgehead atoms. The van der Waals surface area contributed by atoms with E-state index >= 15 is 0 Å². The van der Waals surface area contributed by atoms with Crippen molar-refractivity contribution < 1.29 is 4.79 Å². The molecule has 6 nitrogen and oxygen atoms in total. The number of halogens is 2. The summed E-state index contributed by atoms with van der Waals surface area (Å²) in [6.07, 6.45) is 4.58. The fourth-order valence-corrected chi connectivity index (χ4v) is 2.49. The molecule has 0 saturated carbocycles. The second-order valence-electron chi connectivity index (χ2n) is 4.79. The van der Waals surface area contributed by atoms with Gasteiger partial charge in [0.1, 0.15) is 6.54 Å². The van der Waals surface area contributed by atoms with Gasteiger partial charge in [0.2, 0.25) is 5.91 Å². The molecule has 2 aromatic heterocycles. The molecule has 21 heavy (non-hydrogen) atoms. The van der Waals surface area contributed by atoms with Crippen LogP contribution in [0.4, 0.5) is 0 Å². The Balaban J connectivity index is 1.69. The molecule has 0 aliphatic heterocycles. The molecule has 2 aromatic rings. The van der Waals surface area contributed by atoms with E-state index in [-0.39, 0.29) is 12.5 Å². The van der Waals surface area contributed by atoms with Crippen molar-refractivity contribution in [2.24, 2.45) is 0 Å². The summed E-state index contributed by atoms with van der Waals surface area (Å²) in [7, 11) is 0. The third-order valence-electron chi connectivity index (χ3n) is 2.96. The molecule has 0 radical (unpaired) electrons. The molecule has 8 heteroatoms. The van der Waals surface area contributed by atoms with Crippen LogP contribution in [0.25, 0.3) is 0 Å². The zero-order valence-electron chi connectivity index (χ0n) is 11.9. The Bertz CT molecular complexity index is 596. The van der Waals surface area contributed by atoms with E-state index in [0.29, 0.717) is 6.54 Å². The van der Waals surface area contributed by atoms with Crippen molar-refractivity contribution in [1.29, 1.82) is 0 Å². The SMILES string of the molecule is Cc1nn(CCCNC(=O)Cn2cc(Br)c(C)n2)cc1Br. The van der Waals surface area contributed by atoms with Gasteiger partial charge in [0.25, 0.3) is 0 Å². The van der Waals surface area contributed by atoms with Gasteiger partial charge in [0.15, 0.2) is 0 Å². The number of hydrogen-bond donors (Lipinski definition) is 1. The van der Waals surface area contributed by atoms with Crippen LogP contribution in [0.5, 0.6) is 0 Å². The number of carbonyl (C=O) groups excluding carboxylic acids is 1. The maximum Gasteiger partial charge on any atom is 0.241 e. The largest absolute Gasteiger partial charge is 0.354 e. The normalized spacial score (nSPS) is 10.9. The lowest BCUT2D eigenvalue weighted by atomic mass is 10.4. The number of aryl methyl sites for hydroxylation is 3. The Labute approximate surface area is 140 Å². The third-order valence-corrected chi connectivity index (χ3v) is 4.52. The summed E-state index contributed by atoms with van der Waals surface area (Å²) in [4.78, 5) is 11.8. The molecule has 0 aromatic carbocycles. The Hall–Kier alpha value is -1.15. The smallest absolute Gasteiger partial charge is 0.241 e. The van der Waals surface area contributed by atoms with Gasteiger partial charge in [0, 0.05) is 25.5 Å². The van der Waals surface area contributed by atoms with Crippen LogP contribution < -0.4 is 5.32 Å². The van der Waals surface area contributed by atoms with E-state index in [2.05, 4.69) is 47.4 Å². The first kappa shape index (κ1) is 16.2. The predicted octanol–water partition coefficient (Wildman–Crippen LogP) is 2.43. The Morgan fingerprint density at radius 3 is 2.24 bits per heavy atom. The molecule has 2 heterocycles. The lowest BCUT2D eigenvalue weighted by Gasteiger charge is -2.05. The maximum absolute atomic E-state index is 11.8. The highest BCUT2D eigenvalue weighted by Crippen LogP contribution is 2.13. The van der Waals surface area contributed by atoms with Gasteiger partial charge >= 0.3 is 0 Å². The average molecular weight is 419 g/mol. The summed E-state index contributed by atoms with van der Waals surface area (Å²) in [6, 6.07) is 0. The van der Waals surface area contributed by atoms with Gasteiger partial charge in [0.05, 0.1) is 20.3 Å². The zero-order chi connectivity index (χ0) is 15.4. The molecule has 0 aliphatic carbocycles. The molecule has 0 atom stereocenters. The quantitative estimate of drug-likeness (QED) is 0.732. The van der Waals surface area contributed by atoms with Gasteiger partial charge in [-0.1, -0.05) is 0 Å². The summed E-state index contributed by atoms with van der Waals surface area (Å²) in [6.45, 7) is 5.48. The second kappa shape index (κ2) is 7.22. The molecule has 0 unspecified atom stereocenters. The number of nitrogens with one attached hydrogen (secondary N) is 1. The van der Waals surface area contributed by atoms with Crippen LogP contribution in [0, 0.1) is 13.8 Å². The van der Waals surface area contributed by atoms with Crippen molar-refractivity contribution in [2.75, 3.05) is 6.54 Å². The summed E-state index contributed by atoms with van der Waals surface area (Å²) in [5.41, 5.74) is 1.85. The van der Waals surface area contributed by atoms with Gasteiger partial charge in [-0.05, 0) is 52.1 Å². The Morgan fingerprint density at radius 2 is 1.71 bits per heavy atom. The van der Waals surface area contributed by atoms with E-state index in [4.69, 9.17) is 0 Å². The summed E-state index contributed by atoms with van der Waals surface area (Å²) in [5.74, 6) is -0.0390. The first-order valence-corrected chi connectivity index (χ1v) is 8.20. The number of aromatic nitrogens is 4. The van der Waals surface area contributed by atoms with E-state index in [0.717, 1.165) is 33.3 Å². The van der Waals surface area contributed by atoms with Gasteiger partial charge in [-0.3, -0.25) is 14.2 Å². The van der Waals surface area contributed by atoms with Crippen LogP contribution >= 0.6 is 31.9 Å². The number of carbonyl (C=O) groups is 1. The van der Waals surface area contributed by atoms with Crippen LogP contribution in [0.15, 0.2) is 21.3 Å². The van der Waals surface area contributed by atoms with Gasteiger partial charge in [-0.2, -0.15) is 10.2 Å². The number of rotatable bonds is 6. The minimum atomic E-state index is -0.0390. The van der Waals surface area contributed by atoms with Gasteiger partial charge in [-0.15, -0.1) is 0 Å². The van der Waals surface area contributed by atoms with Crippen LogP contribution in [-0.4, -0.2) is 32.0 Å². The maximum atomic E-state index is 11.8. The van der Waals surface area contributed by atoms with Gasteiger partial charge < -0.3 is 5.32 Å². The fourth-order valence-electron chi connectivity index (χ4n) is 1.85. The highest BCUT2D eigenvalue weighted by Gasteiger charge is 2.06. The van der Waals surface area contributed by atoms with Crippen molar-refractivity contribution in [3.8, 4) is 0 Å². The van der Waals surface area contributed by atoms with E-state index in [1.807, 2.05) is 24.7 Å². The van der Waals surface area contributed by atoms with Crippen LogP contribution in [0.1, 0.15) is 17.8 Å². The molecule has 2 rings (SSSR count). The molecular weight excluding hydrogens is 402 g/mol. The first-order valence-electron chi connectivity index (χ1n) is 6.61. The molecule has 0 saturated heterocycles. The average Bonchev–Trinajstić information content (AvgIpc) is 2.89. The van der Waals surface area contributed by atoms with Crippen molar-refractivity contribution in [2.45, 2.75) is 33.4 Å². The topological polar surface area (TPSA) is 64.7 Å². The minimum Gasteiger partial charge on any atom is -0.354 e. The monoisotopic (exact) mass is 417 g/mol. The summed E-state index contributed by atoms with van der Waals surface area (Å²) in [5, 5.41) is 11.5. The van der Waals surface area contributed by atoms with Gasteiger partial charge in [-0.25, -0.2) is 0 Å². The first-order chi connectivity index (χ1) is 9.95. The molecule has 1 amide bonds. The highest BCUT2D eigenvalue weighted by atomic mass is 79.9. The summed E-state index contributed by atoms with van der Waals surface area (Å²) < 4.78 is 5.42.